The summed E-state index contributed by atoms with van der Waals surface area (Å²) in [6.07, 6.45) is 4.97. The van der Waals surface area contributed by atoms with E-state index in [4.69, 9.17) is 0 Å². The first-order valence-electron chi connectivity index (χ1n) is 11.5. The molecule has 4 rings (SSSR count). The summed E-state index contributed by atoms with van der Waals surface area (Å²) in [5.41, 5.74) is 3.56. The van der Waals surface area contributed by atoms with Crippen LogP contribution in [0.4, 0.5) is 0 Å². The molecule has 156 valence electrons. The first-order valence-corrected chi connectivity index (χ1v) is 11.5. The standard InChI is InChI=1S/C28H34N2/c1-2-3-21-30-22-19-27(20-23-30)29-28(24-13-7-4-8-14-24,25-15-9-5-10-16-25)26-17-11-6-12-18-26/h4-18,27,29H,2-3,19-23H2,1H3. The number of nitrogens with one attached hydrogen (secondary N) is 1. The number of nitrogens with zero attached hydrogens (tertiary/aromatic N) is 1. The molecule has 0 unspecified atom stereocenters. The Morgan fingerprint density at radius 3 is 1.57 bits per heavy atom. The zero-order valence-electron chi connectivity index (χ0n) is 18.1. The third-order valence-corrected chi connectivity index (χ3v) is 6.46. The maximum absolute atomic E-state index is 4.17. The molecule has 1 aliphatic heterocycles. The third kappa shape index (κ3) is 4.50. The number of piperidine rings is 1. The van der Waals surface area contributed by atoms with Crippen LogP contribution in [0.15, 0.2) is 91.0 Å². The predicted octanol–water partition coefficient (Wildman–Crippen LogP) is 5.83. The molecule has 3 aromatic carbocycles. The lowest BCUT2D eigenvalue weighted by Gasteiger charge is -2.42. The van der Waals surface area contributed by atoms with Crippen LogP contribution in [0.25, 0.3) is 0 Å². The van der Waals surface area contributed by atoms with E-state index in [2.05, 4.69) is 108 Å². The highest BCUT2D eigenvalue weighted by atomic mass is 15.1. The summed E-state index contributed by atoms with van der Waals surface area (Å²) >= 11 is 0. The summed E-state index contributed by atoms with van der Waals surface area (Å²) in [4.78, 5) is 2.64. The Balaban J connectivity index is 1.71. The molecule has 0 bridgehead atoms. The van der Waals surface area contributed by atoms with Gasteiger partial charge in [-0.15, -0.1) is 0 Å². The summed E-state index contributed by atoms with van der Waals surface area (Å²) in [5, 5.41) is 4.17. The van der Waals surface area contributed by atoms with E-state index >= 15 is 0 Å². The lowest BCUT2D eigenvalue weighted by atomic mass is 9.76. The van der Waals surface area contributed by atoms with Gasteiger partial charge in [0.15, 0.2) is 0 Å². The second-order valence-electron chi connectivity index (χ2n) is 8.46. The highest BCUT2D eigenvalue weighted by Crippen LogP contribution is 2.38. The van der Waals surface area contributed by atoms with Gasteiger partial charge in [-0.3, -0.25) is 5.32 Å². The van der Waals surface area contributed by atoms with Gasteiger partial charge in [0.25, 0.3) is 0 Å². The minimum atomic E-state index is -0.347. The van der Waals surface area contributed by atoms with Crippen molar-refractivity contribution in [3.8, 4) is 0 Å². The van der Waals surface area contributed by atoms with E-state index in [9.17, 15) is 0 Å². The molecule has 0 aliphatic carbocycles. The Labute approximate surface area is 181 Å². The zero-order chi connectivity index (χ0) is 20.7. The van der Waals surface area contributed by atoms with Crippen molar-refractivity contribution in [2.24, 2.45) is 0 Å². The van der Waals surface area contributed by atoms with Gasteiger partial charge >= 0.3 is 0 Å². The molecule has 2 nitrogen and oxygen atoms in total. The van der Waals surface area contributed by atoms with Gasteiger partial charge in [0.2, 0.25) is 0 Å². The van der Waals surface area contributed by atoms with Gasteiger partial charge < -0.3 is 4.90 Å². The van der Waals surface area contributed by atoms with Crippen molar-refractivity contribution in [2.75, 3.05) is 19.6 Å². The highest BCUT2D eigenvalue weighted by Gasteiger charge is 2.38. The molecule has 1 fully saturated rings. The summed E-state index contributed by atoms with van der Waals surface area (Å²) < 4.78 is 0. The van der Waals surface area contributed by atoms with Crippen LogP contribution in [0.3, 0.4) is 0 Å². The summed E-state index contributed by atoms with van der Waals surface area (Å²) in [6, 6.07) is 33.4. The molecule has 1 N–H and O–H groups in total. The monoisotopic (exact) mass is 398 g/mol. The lowest BCUT2D eigenvalue weighted by Crippen LogP contribution is -2.53. The normalized spacial score (nSPS) is 15.9. The topological polar surface area (TPSA) is 15.3 Å². The van der Waals surface area contributed by atoms with E-state index < -0.39 is 0 Å². The maximum atomic E-state index is 4.17. The van der Waals surface area contributed by atoms with Gasteiger partial charge in [-0.2, -0.15) is 0 Å². The number of unbranched alkanes of at least 4 members (excludes halogenated alkanes) is 1. The Morgan fingerprint density at radius 1 is 0.733 bits per heavy atom. The lowest BCUT2D eigenvalue weighted by molar-refractivity contribution is 0.183. The first-order chi connectivity index (χ1) is 14.8. The van der Waals surface area contributed by atoms with Crippen LogP contribution in [-0.2, 0) is 5.54 Å². The van der Waals surface area contributed by atoms with Gasteiger partial charge in [0.05, 0.1) is 5.54 Å². The van der Waals surface area contributed by atoms with Gasteiger partial charge in [0.1, 0.15) is 0 Å². The Hall–Kier alpha value is -2.42. The van der Waals surface area contributed by atoms with Gasteiger partial charge in [-0.05, 0) is 55.6 Å². The van der Waals surface area contributed by atoms with Gasteiger partial charge in [-0.1, -0.05) is 104 Å². The van der Waals surface area contributed by atoms with E-state index in [1.165, 1.54) is 62.0 Å². The quantitative estimate of drug-likeness (QED) is 0.480. The van der Waals surface area contributed by atoms with E-state index in [-0.39, 0.29) is 5.54 Å². The minimum Gasteiger partial charge on any atom is -0.303 e. The number of hydrogen-bond donors (Lipinski definition) is 1. The number of benzene rings is 3. The molecule has 1 aliphatic rings. The molecule has 30 heavy (non-hydrogen) atoms. The molecule has 2 heteroatoms. The van der Waals surface area contributed by atoms with Crippen LogP contribution in [0, 0.1) is 0 Å². The molecule has 3 aromatic rings. The maximum Gasteiger partial charge on any atom is 0.0950 e. The molecular weight excluding hydrogens is 364 g/mol. The molecule has 0 amide bonds. The molecule has 0 aromatic heterocycles. The van der Waals surface area contributed by atoms with Crippen molar-refractivity contribution in [3.63, 3.8) is 0 Å². The second-order valence-corrected chi connectivity index (χ2v) is 8.46. The molecular formula is C28H34N2. The number of rotatable bonds is 8. The van der Waals surface area contributed by atoms with Crippen molar-refractivity contribution in [1.29, 1.82) is 0 Å². The average molecular weight is 399 g/mol. The van der Waals surface area contributed by atoms with Crippen molar-refractivity contribution in [1.82, 2.24) is 10.2 Å². The van der Waals surface area contributed by atoms with Crippen LogP contribution >= 0.6 is 0 Å². The van der Waals surface area contributed by atoms with E-state index in [1.807, 2.05) is 0 Å². The zero-order valence-corrected chi connectivity index (χ0v) is 18.1. The molecule has 0 radical (unpaired) electrons. The van der Waals surface area contributed by atoms with Crippen LogP contribution in [0.1, 0.15) is 49.3 Å². The van der Waals surface area contributed by atoms with E-state index in [1.54, 1.807) is 0 Å². The van der Waals surface area contributed by atoms with E-state index in [0.29, 0.717) is 6.04 Å². The Bertz CT molecular complexity index is 772. The minimum absolute atomic E-state index is 0.347. The van der Waals surface area contributed by atoms with Crippen LogP contribution in [0.2, 0.25) is 0 Å². The summed E-state index contributed by atoms with van der Waals surface area (Å²) in [6.45, 7) is 5.89. The number of hydrogen-bond acceptors (Lipinski definition) is 2. The average Bonchev–Trinajstić information content (AvgIpc) is 2.84. The molecule has 1 heterocycles. The fraction of sp³-hybridized carbons (Fsp3) is 0.357. The largest absolute Gasteiger partial charge is 0.303 e. The smallest absolute Gasteiger partial charge is 0.0950 e. The summed E-state index contributed by atoms with van der Waals surface area (Å²) in [7, 11) is 0. The Kier molecular flexibility index (Phi) is 6.99. The van der Waals surface area contributed by atoms with Crippen LogP contribution in [0.5, 0.6) is 0 Å². The SMILES string of the molecule is CCCCN1CCC(NC(c2ccccc2)(c2ccccc2)c2ccccc2)CC1. The molecule has 0 spiro atoms. The van der Waals surface area contributed by atoms with Crippen LogP contribution < -0.4 is 5.32 Å². The van der Waals surface area contributed by atoms with E-state index in [0.717, 1.165) is 0 Å². The third-order valence-electron chi connectivity index (χ3n) is 6.46. The summed E-state index contributed by atoms with van der Waals surface area (Å²) in [5.74, 6) is 0. The van der Waals surface area contributed by atoms with Crippen molar-refractivity contribution in [3.05, 3.63) is 108 Å². The van der Waals surface area contributed by atoms with Crippen molar-refractivity contribution >= 4 is 0 Å². The first kappa shape index (κ1) is 20.8. The fourth-order valence-electron chi connectivity index (χ4n) is 4.80. The second kappa shape index (κ2) is 10.1. The molecule has 0 saturated carbocycles. The molecule has 1 saturated heterocycles. The van der Waals surface area contributed by atoms with Crippen molar-refractivity contribution in [2.45, 2.75) is 44.2 Å². The number of likely N-dealkylation sites (tertiary alicyclic amines) is 1. The Morgan fingerprint density at radius 2 is 1.17 bits per heavy atom. The van der Waals surface area contributed by atoms with Gasteiger partial charge in [-0.25, -0.2) is 0 Å². The molecule has 0 atom stereocenters. The predicted molar refractivity (Wildman–Crippen MR) is 127 cm³/mol. The van der Waals surface area contributed by atoms with Gasteiger partial charge in [0, 0.05) is 6.04 Å². The van der Waals surface area contributed by atoms with Crippen LogP contribution in [-0.4, -0.2) is 30.6 Å². The highest BCUT2D eigenvalue weighted by molar-refractivity contribution is 5.49. The van der Waals surface area contributed by atoms with Crippen molar-refractivity contribution < 1.29 is 0 Å². The fourth-order valence-corrected chi connectivity index (χ4v) is 4.80.